The van der Waals surface area contributed by atoms with Crippen molar-refractivity contribution in [3.63, 3.8) is 0 Å². The molecule has 0 unspecified atom stereocenters. The van der Waals surface area contributed by atoms with Gasteiger partial charge in [-0.05, 0) is 25.7 Å². The van der Waals surface area contributed by atoms with Crippen LogP contribution in [0.2, 0.25) is 0 Å². The van der Waals surface area contributed by atoms with E-state index in [2.05, 4.69) is 16.4 Å². The number of methoxy groups -OCH3 is 1. The summed E-state index contributed by atoms with van der Waals surface area (Å²) in [6.45, 7) is 0.489. The maximum atomic E-state index is 13.2. The van der Waals surface area contributed by atoms with E-state index in [-0.39, 0.29) is 24.6 Å². The van der Waals surface area contributed by atoms with Gasteiger partial charge in [0.2, 0.25) is 6.93 Å². The molecule has 188 valence electrons. The van der Waals surface area contributed by atoms with E-state index in [1.165, 1.54) is 0 Å². The van der Waals surface area contributed by atoms with Gasteiger partial charge in [-0.15, -0.1) is 9.60 Å². The molecular weight excluding hydrogens is 447 g/mol. The Labute approximate surface area is 176 Å². The van der Waals surface area contributed by atoms with Gasteiger partial charge in [-0.3, -0.25) is 0 Å². The molecule has 0 amide bonds. The fourth-order valence-corrected chi connectivity index (χ4v) is 3.18. The summed E-state index contributed by atoms with van der Waals surface area (Å²) in [5.74, 6) is 0.0531. The van der Waals surface area contributed by atoms with Gasteiger partial charge in [0.15, 0.2) is 0 Å². The Bertz CT molecular complexity index is 471. The Balaban J connectivity index is 0.000000519. The lowest BCUT2D eigenvalue weighted by molar-refractivity contribution is -0.386. The maximum absolute atomic E-state index is 13.2. The number of rotatable bonds is 6. The van der Waals surface area contributed by atoms with E-state index in [1.54, 1.807) is 6.92 Å². The molecule has 1 aliphatic carbocycles. The number of hydrogen-bond donors (Lipinski definition) is 0. The van der Waals surface area contributed by atoms with Gasteiger partial charge in [0.25, 0.3) is 0 Å². The second-order valence-electron chi connectivity index (χ2n) is 7.21. The van der Waals surface area contributed by atoms with E-state index in [0.29, 0.717) is 31.0 Å². The van der Waals surface area contributed by atoms with E-state index >= 15 is 0 Å². The smallest absolute Gasteiger partial charge is 0.321 e. The lowest BCUT2D eigenvalue weighted by Crippen LogP contribution is -2.60. The van der Waals surface area contributed by atoms with Gasteiger partial charge in [-0.25, -0.2) is 13.7 Å². The Kier molecular flexibility index (Phi) is 13.3. The summed E-state index contributed by atoms with van der Waals surface area (Å²) in [6.07, 6.45) is -4.43. The molecule has 2 aliphatic rings. The third-order valence-corrected chi connectivity index (χ3v) is 5.06. The third kappa shape index (κ3) is 9.70. The molecule has 0 bridgehead atoms. The average molecular weight is 478 g/mol. The molecular formula is C18H31F9N2O2. The Hall–Kier alpha value is -0.790. The molecule has 0 spiro atoms. The fraction of sp³-hybridized carbons (Fsp3) is 1.00. The van der Waals surface area contributed by atoms with Crippen LogP contribution in [0.25, 0.3) is 0 Å². The van der Waals surface area contributed by atoms with E-state index in [0.717, 1.165) is 12.8 Å². The van der Waals surface area contributed by atoms with Gasteiger partial charge < -0.3 is 9.47 Å². The second kappa shape index (κ2) is 13.7. The van der Waals surface area contributed by atoms with Gasteiger partial charge in [-0.2, -0.15) is 26.3 Å². The summed E-state index contributed by atoms with van der Waals surface area (Å²) in [7, 11) is 0.499. The van der Waals surface area contributed by atoms with Crippen LogP contribution in [0.15, 0.2) is 0 Å². The summed E-state index contributed by atoms with van der Waals surface area (Å²) in [4.78, 5) is 0.215. The minimum Gasteiger partial charge on any atom is -0.321 e. The van der Waals surface area contributed by atoms with Crippen LogP contribution in [-0.4, -0.2) is 75.1 Å². The van der Waals surface area contributed by atoms with E-state index in [4.69, 9.17) is 0 Å². The second-order valence-corrected chi connectivity index (χ2v) is 7.21. The molecule has 4 nitrogen and oxygen atoms in total. The topological polar surface area (TPSA) is 24.9 Å². The van der Waals surface area contributed by atoms with Crippen molar-refractivity contribution in [2.24, 2.45) is 11.8 Å². The van der Waals surface area contributed by atoms with Crippen LogP contribution in [0.5, 0.6) is 0 Å². The highest BCUT2D eigenvalue weighted by molar-refractivity contribution is 4.81. The molecule has 1 saturated carbocycles. The molecule has 13 heteroatoms. The van der Waals surface area contributed by atoms with Gasteiger partial charge in [0, 0.05) is 33.3 Å². The third-order valence-electron chi connectivity index (χ3n) is 5.06. The first-order chi connectivity index (χ1) is 14.3. The number of ether oxygens (including phenoxy) is 2. The molecule has 0 radical (unpaired) electrons. The fourth-order valence-electron chi connectivity index (χ4n) is 3.18. The molecule has 2 rings (SSSR count). The SMILES string of the molecule is CCOC(F)(F)C1CCC(C)CC1.COC(F)(F)C(F)(F)N1CCN(F)CC1.FCF. The largest absolute Gasteiger partial charge is 0.434 e. The number of alkyl halides is 8. The summed E-state index contributed by atoms with van der Waals surface area (Å²) in [5.41, 5.74) is 0. The van der Waals surface area contributed by atoms with Crippen molar-refractivity contribution in [1.82, 2.24) is 10.0 Å². The predicted octanol–water partition coefficient (Wildman–Crippen LogP) is 5.65. The highest BCUT2D eigenvalue weighted by Gasteiger charge is 2.61. The first kappa shape index (κ1) is 30.2. The Morgan fingerprint density at radius 1 is 0.871 bits per heavy atom. The van der Waals surface area contributed by atoms with Gasteiger partial charge in [0.05, 0.1) is 12.5 Å². The van der Waals surface area contributed by atoms with Crippen LogP contribution in [-0.2, 0) is 9.47 Å². The van der Waals surface area contributed by atoms with Crippen LogP contribution < -0.4 is 0 Å². The predicted molar refractivity (Wildman–Crippen MR) is 95.9 cm³/mol. The van der Waals surface area contributed by atoms with Crippen molar-refractivity contribution >= 4 is 0 Å². The van der Waals surface area contributed by atoms with Crippen LogP contribution >= 0.6 is 0 Å². The van der Waals surface area contributed by atoms with Gasteiger partial charge >= 0.3 is 18.3 Å². The monoisotopic (exact) mass is 478 g/mol. The molecule has 1 aliphatic heterocycles. The maximum Gasteiger partial charge on any atom is 0.434 e. The molecule has 2 fully saturated rings. The number of hydrogen-bond acceptors (Lipinski definition) is 4. The minimum atomic E-state index is -4.56. The molecule has 0 atom stereocenters. The van der Waals surface area contributed by atoms with E-state index in [1.807, 2.05) is 0 Å². The van der Waals surface area contributed by atoms with E-state index < -0.39 is 44.2 Å². The van der Waals surface area contributed by atoms with Crippen molar-refractivity contribution in [2.75, 3.05) is 46.8 Å². The first-order valence-electron chi connectivity index (χ1n) is 9.89. The minimum absolute atomic E-state index is 0.0963. The molecule has 31 heavy (non-hydrogen) atoms. The van der Waals surface area contributed by atoms with Gasteiger partial charge in [-0.1, -0.05) is 19.8 Å². The zero-order valence-corrected chi connectivity index (χ0v) is 17.8. The molecule has 0 N–H and O–H groups in total. The summed E-state index contributed by atoms with van der Waals surface area (Å²) < 4.78 is 118. The van der Waals surface area contributed by atoms with Crippen LogP contribution in [0.4, 0.5) is 39.6 Å². The Morgan fingerprint density at radius 3 is 1.71 bits per heavy atom. The van der Waals surface area contributed by atoms with Gasteiger partial charge in [0.1, 0.15) is 0 Å². The number of nitrogens with zero attached hydrogens (tertiary/aromatic N) is 2. The standard InChI is InChI=1S/C10H18F2O.C7H11F5N2O.CH2F2/c1-3-13-10(11,12)9-6-4-8(2)5-7-9;1-15-7(10,11)6(8,9)13-2-4-14(12)5-3-13;2-1-3/h8-9H,3-7H2,1-2H3;2-5H2,1H3;1H2. The van der Waals surface area contributed by atoms with Crippen LogP contribution in [0, 0.1) is 11.8 Å². The molecule has 0 aromatic heterocycles. The summed E-state index contributed by atoms with van der Waals surface area (Å²) in [5, 5.41) is 0.303. The number of piperazine rings is 1. The Morgan fingerprint density at radius 2 is 1.32 bits per heavy atom. The molecule has 1 heterocycles. The zero-order chi connectivity index (χ0) is 24.3. The van der Waals surface area contributed by atoms with Crippen LogP contribution in [0.3, 0.4) is 0 Å². The van der Waals surface area contributed by atoms with Crippen molar-refractivity contribution in [3.05, 3.63) is 0 Å². The number of halogens is 9. The average Bonchev–Trinajstić information content (AvgIpc) is 2.69. The van der Waals surface area contributed by atoms with Crippen molar-refractivity contribution in [2.45, 2.75) is 57.8 Å². The van der Waals surface area contributed by atoms with Crippen molar-refractivity contribution in [3.8, 4) is 0 Å². The van der Waals surface area contributed by atoms with Crippen molar-refractivity contribution < 1.29 is 49.1 Å². The molecule has 0 aromatic rings. The lowest BCUT2D eigenvalue weighted by Gasteiger charge is -2.38. The normalized spacial score (nSPS) is 24.0. The van der Waals surface area contributed by atoms with Crippen LogP contribution in [0.1, 0.15) is 39.5 Å². The summed E-state index contributed by atoms with van der Waals surface area (Å²) >= 11 is 0. The molecule has 0 aromatic carbocycles. The first-order valence-corrected chi connectivity index (χ1v) is 9.89. The zero-order valence-electron chi connectivity index (χ0n) is 17.8. The van der Waals surface area contributed by atoms with Crippen molar-refractivity contribution in [1.29, 1.82) is 0 Å². The highest BCUT2D eigenvalue weighted by Crippen LogP contribution is 2.39. The van der Waals surface area contributed by atoms with E-state index in [9.17, 15) is 39.6 Å². The summed E-state index contributed by atoms with van der Waals surface area (Å²) in [6, 6.07) is -4.41. The lowest BCUT2D eigenvalue weighted by atomic mass is 9.82. The quantitative estimate of drug-likeness (QED) is 0.280. The molecule has 1 saturated heterocycles. The highest BCUT2D eigenvalue weighted by atomic mass is 19.3.